The van der Waals surface area contributed by atoms with E-state index in [4.69, 9.17) is 4.74 Å². The molecule has 0 unspecified atom stereocenters. The number of allylic oxidation sites excluding steroid dienone is 2. The third kappa shape index (κ3) is 3.04. The lowest BCUT2D eigenvalue weighted by Crippen LogP contribution is -2.40. The zero-order valence-corrected chi connectivity index (χ0v) is 19.9. The van der Waals surface area contributed by atoms with Crippen molar-refractivity contribution in [3.63, 3.8) is 0 Å². The molecule has 0 N–H and O–H groups in total. The molecule has 0 radical (unpaired) electrons. The van der Waals surface area contributed by atoms with Gasteiger partial charge in [-0.1, -0.05) is 30.4 Å². The molecule has 36 heavy (non-hydrogen) atoms. The third-order valence-electron chi connectivity index (χ3n) is 8.82. The average Bonchev–Trinajstić information content (AvgIpc) is 3.56. The van der Waals surface area contributed by atoms with Crippen molar-refractivity contribution in [2.24, 2.45) is 41.4 Å². The van der Waals surface area contributed by atoms with Gasteiger partial charge in [0.1, 0.15) is 5.75 Å². The minimum absolute atomic E-state index is 0.0999. The lowest BCUT2D eigenvalue weighted by molar-refractivity contribution is -0.139. The quantitative estimate of drug-likeness (QED) is 0.288. The lowest BCUT2D eigenvalue weighted by Gasteiger charge is -2.37. The molecule has 182 valence electrons. The van der Waals surface area contributed by atoms with Crippen LogP contribution in [0, 0.1) is 48.3 Å². The van der Waals surface area contributed by atoms with Gasteiger partial charge in [0.25, 0.3) is 0 Å². The number of ether oxygens (including phenoxy) is 1. The number of aryl methyl sites for hydroxylation is 1. The van der Waals surface area contributed by atoms with Gasteiger partial charge in [-0.15, -0.1) is 0 Å². The Hall–Kier alpha value is -3.74. The van der Waals surface area contributed by atoms with Crippen molar-refractivity contribution in [1.29, 1.82) is 0 Å². The largest absolute Gasteiger partial charge is 0.426 e. The van der Waals surface area contributed by atoms with Crippen molar-refractivity contribution in [2.45, 2.75) is 19.8 Å². The predicted octanol–water partition coefficient (Wildman–Crippen LogP) is 3.51. The van der Waals surface area contributed by atoms with Crippen LogP contribution in [0.5, 0.6) is 5.75 Å². The second-order valence-electron chi connectivity index (χ2n) is 10.8. The molecule has 2 aromatic carbocycles. The van der Waals surface area contributed by atoms with Crippen molar-refractivity contribution < 1.29 is 23.9 Å². The predicted molar refractivity (Wildman–Crippen MR) is 131 cm³/mol. The minimum Gasteiger partial charge on any atom is -0.426 e. The summed E-state index contributed by atoms with van der Waals surface area (Å²) in [5, 5.41) is 0. The molecular weight excluding hydrogens is 456 g/mol. The Morgan fingerprint density at radius 1 is 0.917 bits per heavy atom. The van der Waals surface area contributed by atoms with Crippen molar-refractivity contribution in [2.75, 3.05) is 16.3 Å². The standard InChI is InChI=1S/C29H26N2O5/c1-15-11-18(36-29(35)16-12-24(32)30(14-16)17-5-3-2-4-6-17)7-10-23(15)31-27(33)25-19-8-9-20(22-13-21(19)22)26(25)28(31)34/h2-11,16,19-22,25-26H,12-14H2,1H3/t16-,19+,20+,21+,22+,25-,26+/m1/s1. The molecule has 8 rings (SSSR count). The topological polar surface area (TPSA) is 84.0 Å². The van der Waals surface area contributed by atoms with E-state index in [2.05, 4.69) is 12.2 Å². The molecule has 0 spiro atoms. The van der Waals surface area contributed by atoms with Gasteiger partial charge in [0.2, 0.25) is 17.7 Å². The SMILES string of the molecule is Cc1cc(OC(=O)[C@@H]2CC(=O)N(c3ccccc3)C2)ccc1N1C(=O)[C@@H]2[C@H]3C=C[C@@H]([C@@H]4C[C@@H]34)[C@@H]2C1=O. The summed E-state index contributed by atoms with van der Waals surface area (Å²) >= 11 is 0. The number of esters is 1. The molecule has 4 aliphatic carbocycles. The fourth-order valence-electron chi connectivity index (χ4n) is 7.06. The van der Waals surface area contributed by atoms with Crippen LogP contribution in [-0.2, 0) is 19.2 Å². The number of anilines is 2. The van der Waals surface area contributed by atoms with Gasteiger partial charge >= 0.3 is 5.97 Å². The maximum absolute atomic E-state index is 13.4. The summed E-state index contributed by atoms with van der Waals surface area (Å²) in [6.45, 7) is 2.09. The van der Waals surface area contributed by atoms with Gasteiger partial charge in [0.05, 0.1) is 23.4 Å². The van der Waals surface area contributed by atoms with Crippen LogP contribution >= 0.6 is 0 Å². The summed E-state index contributed by atoms with van der Waals surface area (Å²) in [5.74, 6) is -0.0283. The summed E-state index contributed by atoms with van der Waals surface area (Å²) in [6, 6.07) is 14.3. The number of hydrogen-bond donors (Lipinski definition) is 0. The Morgan fingerprint density at radius 3 is 2.22 bits per heavy atom. The van der Waals surface area contributed by atoms with Gasteiger partial charge in [-0.2, -0.15) is 0 Å². The summed E-state index contributed by atoms with van der Waals surface area (Å²) in [5.41, 5.74) is 2.01. The molecular formula is C29H26N2O5. The van der Waals surface area contributed by atoms with Crippen molar-refractivity contribution in [3.8, 4) is 5.75 Å². The van der Waals surface area contributed by atoms with Gasteiger partial charge in [0, 0.05) is 18.7 Å². The number of para-hydroxylation sites is 1. The Morgan fingerprint density at radius 2 is 1.58 bits per heavy atom. The van der Waals surface area contributed by atoms with Crippen LogP contribution in [0.3, 0.4) is 0 Å². The Bertz CT molecular complexity index is 1310. The maximum Gasteiger partial charge on any atom is 0.316 e. The highest BCUT2D eigenvalue weighted by molar-refractivity contribution is 6.23. The van der Waals surface area contributed by atoms with Gasteiger partial charge in [-0.3, -0.25) is 19.2 Å². The maximum atomic E-state index is 13.4. The van der Waals surface area contributed by atoms with Crippen LogP contribution in [0.25, 0.3) is 0 Å². The first-order valence-corrected chi connectivity index (χ1v) is 12.7. The second kappa shape index (κ2) is 7.63. The lowest BCUT2D eigenvalue weighted by atomic mass is 9.63. The first kappa shape index (κ1) is 21.5. The molecule has 0 aromatic heterocycles. The molecule has 4 fully saturated rings. The number of carbonyl (C=O) groups excluding carboxylic acids is 4. The molecule has 2 saturated carbocycles. The van der Waals surface area contributed by atoms with Crippen LogP contribution in [0.1, 0.15) is 18.4 Å². The number of amides is 3. The highest BCUT2D eigenvalue weighted by Crippen LogP contribution is 2.65. The Balaban J connectivity index is 1.07. The van der Waals surface area contributed by atoms with Crippen LogP contribution in [0.15, 0.2) is 60.7 Å². The molecule has 2 bridgehead atoms. The van der Waals surface area contributed by atoms with E-state index in [1.807, 2.05) is 37.3 Å². The van der Waals surface area contributed by atoms with Gasteiger partial charge in [0.15, 0.2) is 0 Å². The molecule has 7 heteroatoms. The number of benzene rings is 2. The summed E-state index contributed by atoms with van der Waals surface area (Å²) in [4.78, 5) is 55.1. The summed E-state index contributed by atoms with van der Waals surface area (Å²) < 4.78 is 5.63. The minimum atomic E-state index is -0.558. The third-order valence-corrected chi connectivity index (χ3v) is 8.82. The van der Waals surface area contributed by atoms with E-state index in [-0.39, 0.29) is 54.4 Å². The highest BCUT2D eigenvalue weighted by Gasteiger charge is 2.67. The smallest absolute Gasteiger partial charge is 0.316 e. The molecule has 3 amide bonds. The molecule has 2 heterocycles. The van der Waals surface area contributed by atoms with Crippen LogP contribution in [0.4, 0.5) is 11.4 Å². The van der Waals surface area contributed by atoms with E-state index in [0.717, 1.165) is 12.1 Å². The first-order valence-electron chi connectivity index (χ1n) is 12.7. The zero-order chi connectivity index (χ0) is 24.7. The molecule has 2 saturated heterocycles. The summed E-state index contributed by atoms with van der Waals surface area (Å²) in [7, 11) is 0. The number of nitrogens with zero attached hydrogens (tertiary/aromatic N) is 2. The van der Waals surface area contributed by atoms with E-state index in [1.54, 1.807) is 23.1 Å². The molecule has 7 nitrogen and oxygen atoms in total. The van der Waals surface area contributed by atoms with E-state index < -0.39 is 11.9 Å². The van der Waals surface area contributed by atoms with Gasteiger partial charge in [-0.05, 0) is 72.9 Å². The second-order valence-corrected chi connectivity index (χ2v) is 10.8. The van der Waals surface area contributed by atoms with Gasteiger partial charge in [-0.25, -0.2) is 4.90 Å². The van der Waals surface area contributed by atoms with Crippen molar-refractivity contribution in [1.82, 2.24) is 0 Å². The van der Waals surface area contributed by atoms with Crippen LogP contribution in [0.2, 0.25) is 0 Å². The molecule has 7 atom stereocenters. The zero-order valence-electron chi connectivity index (χ0n) is 19.9. The molecule has 6 aliphatic rings. The molecule has 2 aromatic rings. The number of imide groups is 1. The Labute approximate surface area is 208 Å². The fraction of sp³-hybridized carbons (Fsp3) is 0.379. The van der Waals surface area contributed by atoms with E-state index >= 15 is 0 Å². The number of carbonyl (C=O) groups is 4. The number of hydrogen-bond acceptors (Lipinski definition) is 5. The first-order chi connectivity index (χ1) is 17.4. The fourth-order valence-corrected chi connectivity index (χ4v) is 7.06. The van der Waals surface area contributed by atoms with Crippen LogP contribution in [-0.4, -0.2) is 30.2 Å². The van der Waals surface area contributed by atoms with Crippen LogP contribution < -0.4 is 14.5 Å². The van der Waals surface area contributed by atoms with E-state index in [9.17, 15) is 19.2 Å². The van der Waals surface area contributed by atoms with Crippen molar-refractivity contribution >= 4 is 35.1 Å². The highest BCUT2D eigenvalue weighted by atomic mass is 16.5. The van der Waals surface area contributed by atoms with E-state index in [0.29, 0.717) is 28.8 Å². The monoisotopic (exact) mass is 482 g/mol. The Kier molecular flexibility index (Phi) is 4.56. The average molecular weight is 483 g/mol. The molecule has 2 aliphatic heterocycles. The van der Waals surface area contributed by atoms with Crippen molar-refractivity contribution in [3.05, 3.63) is 66.2 Å². The van der Waals surface area contributed by atoms with Gasteiger partial charge < -0.3 is 9.64 Å². The van der Waals surface area contributed by atoms with E-state index in [1.165, 1.54) is 4.90 Å². The number of rotatable bonds is 4. The summed E-state index contributed by atoms with van der Waals surface area (Å²) in [6.07, 6.45) is 5.56. The normalized spacial score (nSPS) is 33.7.